The number of ether oxygens (including phenoxy) is 1. The SMILES string of the molecule is COC(=O)[C@H]1CCCN(CC2CSc3ccccc32)C1. The Hall–Kier alpha value is -1.00. The van der Waals surface area contributed by atoms with Gasteiger partial charge >= 0.3 is 5.97 Å². The maximum absolute atomic E-state index is 11.7. The van der Waals surface area contributed by atoms with Gasteiger partial charge in [0, 0.05) is 29.7 Å². The van der Waals surface area contributed by atoms with Gasteiger partial charge in [0.25, 0.3) is 0 Å². The number of likely N-dealkylation sites (tertiary alicyclic amines) is 1. The van der Waals surface area contributed by atoms with Crippen LogP contribution < -0.4 is 0 Å². The standard InChI is InChI=1S/C16H21NO2S/c1-19-16(18)12-5-4-8-17(9-12)10-13-11-20-15-7-3-2-6-14(13)15/h2-3,6-7,12-13H,4-5,8-11H2,1H3/t12-,13?/m0/s1. The third kappa shape index (κ3) is 2.86. The molecule has 3 rings (SSSR count). The van der Waals surface area contributed by atoms with Crippen LogP contribution in [-0.2, 0) is 9.53 Å². The highest BCUT2D eigenvalue weighted by Crippen LogP contribution is 2.40. The summed E-state index contributed by atoms with van der Waals surface area (Å²) in [6.07, 6.45) is 2.07. The summed E-state index contributed by atoms with van der Waals surface area (Å²) in [6.45, 7) is 3.03. The topological polar surface area (TPSA) is 29.5 Å². The third-order valence-corrected chi connectivity index (χ3v) is 5.57. The van der Waals surface area contributed by atoms with Gasteiger partial charge in [-0.25, -0.2) is 0 Å². The first-order chi connectivity index (χ1) is 9.78. The van der Waals surface area contributed by atoms with Gasteiger partial charge in [0.2, 0.25) is 0 Å². The third-order valence-electron chi connectivity index (χ3n) is 4.32. The lowest BCUT2D eigenvalue weighted by Crippen LogP contribution is -2.41. The molecule has 1 unspecified atom stereocenters. The van der Waals surface area contributed by atoms with Gasteiger partial charge in [-0.1, -0.05) is 18.2 Å². The van der Waals surface area contributed by atoms with E-state index in [-0.39, 0.29) is 11.9 Å². The van der Waals surface area contributed by atoms with E-state index < -0.39 is 0 Å². The first kappa shape index (κ1) is 14.0. The maximum atomic E-state index is 11.7. The van der Waals surface area contributed by atoms with Crippen LogP contribution in [0.25, 0.3) is 0 Å². The summed E-state index contributed by atoms with van der Waals surface area (Å²) in [5, 5.41) is 0. The fourth-order valence-corrected chi connectivity index (χ4v) is 4.51. The molecular weight excluding hydrogens is 270 g/mol. The molecule has 4 heteroatoms. The molecule has 2 aliphatic heterocycles. The van der Waals surface area contributed by atoms with Gasteiger partial charge in [-0.05, 0) is 31.0 Å². The summed E-state index contributed by atoms with van der Waals surface area (Å²) >= 11 is 1.96. The van der Waals surface area contributed by atoms with Crippen LogP contribution in [0.5, 0.6) is 0 Å². The number of benzene rings is 1. The molecule has 1 aromatic carbocycles. The van der Waals surface area contributed by atoms with Gasteiger partial charge in [-0.2, -0.15) is 0 Å². The molecule has 2 aliphatic rings. The van der Waals surface area contributed by atoms with E-state index in [9.17, 15) is 4.79 Å². The number of rotatable bonds is 3. The molecule has 3 nitrogen and oxygen atoms in total. The van der Waals surface area contributed by atoms with E-state index in [1.54, 1.807) is 0 Å². The van der Waals surface area contributed by atoms with Crippen LogP contribution >= 0.6 is 11.8 Å². The van der Waals surface area contributed by atoms with Gasteiger partial charge in [-0.15, -0.1) is 11.8 Å². The molecule has 2 atom stereocenters. The number of thioether (sulfide) groups is 1. The molecule has 0 saturated carbocycles. The van der Waals surface area contributed by atoms with Crippen molar-refractivity contribution in [2.75, 3.05) is 32.5 Å². The minimum Gasteiger partial charge on any atom is -0.469 e. The van der Waals surface area contributed by atoms with Crippen LogP contribution in [0, 0.1) is 5.92 Å². The highest BCUT2D eigenvalue weighted by Gasteiger charge is 2.30. The lowest BCUT2D eigenvalue weighted by atomic mass is 9.95. The van der Waals surface area contributed by atoms with E-state index in [4.69, 9.17) is 4.74 Å². The molecule has 20 heavy (non-hydrogen) atoms. The average Bonchev–Trinajstić information content (AvgIpc) is 2.90. The normalized spacial score (nSPS) is 26.2. The first-order valence-corrected chi connectivity index (χ1v) is 8.28. The minimum atomic E-state index is -0.0455. The Morgan fingerprint density at radius 1 is 1.45 bits per heavy atom. The van der Waals surface area contributed by atoms with Crippen molar-refractivity contribution >= 4 is 17.7 Å². The molecule has 1 saturated heterocycles. The molecule has 0 N–H and O–H groups in total. The Morgan fingerprint density at radius 2 is 2.30 bits per heavy atom. The summed E-state index contributed by atoms with van der Waals surface area (Å²) < 4.78 is 4.89. The van der Waals surface area contributed by atoms with Gasteiger partial charge < -0.3 is 9.64 Å². The number of piperidine rings is 1. The van der Waals surface area contributed by atoms with Gasteiger partial charge in [0.15, 0.2) is 0 Å². The van der Waals surface area contributed by atoms with E-state index in [1.807, 2.05) is 11.8 Å². The van der Waals surface area contributed by atoms with Gasteiger partial charge in [0.1, 0.15) is 0 Å². The number of nitrogens with zero attached hydrogens (tertiary/aromatic N) is 1. The number of methoxy groups -OCH3 is 1. The quantitative estimate of drug-likeness (QED) is 0.801. The maximum Gasteiger partial charge on any atom is 0.309 e. The van der Waals surface area contributed by atoms with Crippen molar-refractivity contribution in [3.8, 4) is 0 Å². The average molecular weight is 291 g/mol. The molecule has 1 aromatic rings. The van der Waals surface area contributed by atoms with Crippen molar-refractivity contribution in [2.24, 2.45) is 5.92 Å². The number of hydrogen-bond donors (Lipinski definition) is 0. The van der Waals surface area contributed by atoms with E-state index >= 15 is 0 Å². The Bertz CT molecular complexity index is 491. The molecule has 0 amide bonds. The predicted molar refractivity (Wildman–Crippen MR) is 81.1 cm³/mol. The predicted octanol–water partition coefficient (Wildman–Crippen LogP) is 2.76. The van der Waals surface area contributed by atoms with Crippen LogP contribution in [0.1, 0.15) is 24.3 Å². The molecule has 0 radical (unpaired) electrons. The van der Waals surface area contributed by atoms with E-state index in [0.717, 1.165) is 32.5 Å². The molecule has 0 aliphatic carbocycles. The van der Waals surface area contributed by atoms with Crippen LogP contribution in [-0.4, -0.2) is 43.4 Å². The molecule has 0 bridgehead atoms. The Balaban J connectivity index is 1.63. The number of esters is 1. The van der Waals surface area contributed by atoms with Crippen molar-refractivity contribution in [1.29, 1.82) is 0 Å². The Kier molecular flexibility index (Phi) is 4.32. The lowest BCUT2D eigenvalue weighted by molar-refractivity contribution is -0.147. The van der Waals surface area contributed by atoms with E-state index in [2.05, 4.69) is 29.2 Å². The number of carbonyl (C=O) groups is 1. The molecule has 0 spiro atoms. The van der Waals surface area contributed by atoms with Crippen LogP contribution in [0.3, 0.4) is 0 Å². The van der Waals surface area contributed by atoms with Gasteiger partial charge in [0.05, 0.1) is 13.0 Å². The molecule has 2 heterocycles. The molecular formula is C16H21NO2S. The summed E-state index contributed by atoms with van der Waals surface area (Å²) in [4.78, 5) is 15.6. The highest BCUT2D eigenvalue weighted by atomic mass is 32.2. The molecule has 1 fully saturated rings. The zero-order valence-corrected chi connectivity index (χ0v) is 12.7. The zero-order chi connectivity index (χ0) is 13.9. The van der Waals surface area contributed by atoms with Crippen molar-refractivity contribution in [2.45, 2.75) is 23.7 Å². The highest BCUT2D eigenvalue weighted by molar-refractivity contribution is 7.99. The molecule has 108 valence electrons. The smallest absolute Gasteiger partial charge is 0.309 e. The van der Waals surface area contributed by atoms with E-state index in [1.165, 1.54) is 23.3 Å². The summed E-state index contributed by atoms with van der Waals surface area (Å²) in [7, 11) is 1.49. The number of carbonyl (C=O) groups excluding carboxylic acids is 1. The fraction of sp³-hybridized carbons (Fsp3) is 0.562. The zero-order valence-electron chi connectivity index (χ0n) is 11.9. The second-order valence-electron chi connectivity index (χ2n) is 5.67. The van der Waals surface area contributed by atoms with Crippen molar-refractivity contribution < 1.29 is 9.53 Å². The summed E-state index contributed by atoms with van der Waals surface area (Å²) in [5.41, 5.74) is 1.48. The van der Waals surface area contributed by atoms with Crippen LogP contribution in [0.4, 0.5) is 0 Å². The molecule has 0 aromatic heterocycles. The second kappa shape index (κ2) is 6.19. The fourth-order valence-electron chi connectivity index (χ4n) is 3.27. The largest absolute Gasteiger partial charge is 0.469 e. The summed E-state index contributed by atoms with van der Waals surface area (Å²) in [6, 6.07) is 8.71. The summed E-state index contributed by atoms with van der Waals surface area (Å²) in [5.74, 6) is 1.79. The van der Waals surface area contributed by atoms with Crippen molar-refractivity contribution in [3.63, 3.8) is 0 Å². The van der Waals surface area contributed by atoms with E-state index in [0.29, 0.717) is 5.92 Å². The Labute approximate surface area is 124 Å². The number of hydrogen-bond acceptors (Lipinski definition) is 4. The van der Waals surface area contributed by atoms with Crippen molar-refractivity contribution in [1.82, 2.24) is 4.90 Å². The first-order valence-electron chi connectivity index (χ1n) is 7.30. The number of fused-ring (bicyclic) bond motifs is 1. The second-order valence-corrected chi connectivity index (χ2v) is 6.73. The lowest BCUT2D eigenvalue weighted by Gasteiger charge is -2.33. The minimum absolute atomic E-state index is 0.0455. The Morgan fingerprint density at radius 3 is 3.15 bits per heavy atom. The van der Waals surface area contributed by atoms with Gasteiger partial charge in [-0.3, -0.25) is 4.79 Å². The van der Waals surface area contributed by atoms with Crippen LogP contribution in [0.15, 0.2) is 29.2 Å². The monoisotopic (exact) mass is 291 g/mol. The van der Waals surface area contributed by atoms with Crippen molar-refractivity contribution in [3.05, 3.63) is 29.8 Å². The van der Waals surface area contributed by atoms with Crippen LogP contribution in [0.2, 0.25) is 0 Å².